The van der Waals surface area contributed by atoms with Crippen LogP contribution in [-0.2, 0) is 9.59 Å². The Morgan fingerprint density at radius 3 is 2.44 bits per heavy atom. The lowest BCUT2D eigenvalue weighted by Crippen LogP contribution is -2.38. The summed E-state index contributed by atoms with van der Waals surface area (Å²) in [6.45, 7) is 3.46. The molecular weight excluding hydrogens is 210 g/mol. The number of amides is 1. The van der Waals surface area contributed by atoms with Crippen LogP contribution in [0.15, 0.2) is 11.1 Å². The molecule has 1 heterocycles. The zero-order valence-corrected chi connectivity index (χ0v) is 9.56. The Morgan fingerprint density at radius 1 is 1.31 bits per heavy atom. The maximum atomic E-state index is 12.0. The number of hydrogen-bond acceptors (Lipinski definition) is 3. The first-order valence-electron chi connectivity index (χ1n) is 5.31. The van der Waals surface area contributed by atoms with Crippen molar-refractivity contribution in [1.82, 2.24) is 4.90 Å². The molecule has 0 spiro atoms. The second kappa shape index (κ2) is 5.12. The Kier molecular flexibility index (Phi) is 4.06. The third kappa shape index (κ3) is 2.41. The predicted molar refractivity (Wildman–Crippen MR) is 57.8 cm³/mol. The number of carboxylic acid groups (broad SMARTS) is 1. The van der Waals surface area contributed by atoms with Gasteiger partial charge in [-0.3, -0.25) is 4.79 Å². The van der Waals surface area contributed by atoms with E-state index in [9.17, 15) is 9.59 Å². The zero-order valence-electron chi connectivity index (χ0n) is 9.56. The largest absolute Gasteiger partial charge is 0.478 e. The number of aliphatic hydroxyl groups excluding tert-OH is 1. The molecule has 1 rings (SSSR count). The van der Waals surface area contributed by atoms with Crippen molar-refractivity contribution in [3.8, 4) is 0 Å². The van der Waals surface area contributed by atoms with E-state index in [1.165, 1.54) is 13.8 Å². The minimum atomic E-state index is -1.08. The minimum Gasteiger partial charge on any atom is -0.478 e. The summed E-state index contributed by atoms with van der Waals surface area (Å²) >= 11 is 0. The highest BCUT2D eigenvalue weighted by molar-refractivity contribution is 6.01. The van der Waals surface area contributed by atoms with E-state index in [2.05, 4.69) is 0 Å². The SMILES string of the molecule is CC(C(=O)O)=C(C)C(=O)N1CCC[C@@H]1CO. The van der Waals surface area contributed by atoms with Crippen molar-refractivity contribution in [1.29, 1.82) is 0 Å². The molecule has 1 amide bonds. The van der Waals surface area contributed by atoms with Crippen molar-refractivity contribution >= 4 is 11.9 Å². The quantitative estimate of drug-likeness (QED) is 0.684. The van der Waals surface area contributed by atoms with E-state index < -0.39 is 5.97 Å². The number of aliphatic carboxylic acids is 1. The van der Waals surface area contributed by atoms with E-state index in [0.29, 0.717) is 6.54 Å². The molecule has 2 N–H and O–H groups in total. The molecule has 16 heavy (non-hydrogen) atoms. The number of carbonyl (C=O) groups excluding carboxylic acids is 1. The summed E-state index contributed by atoms with van der Waals surface area (Å²) in [7, 11) is 0. The van der Waals surface area contributed by atoms with Gasteiger partial charge in [0.1, 0.15) is 0 Å². The summed E-state index contributed by atoms with van der Waals surface area (Å²) in [4.78, 5) is 24.2. The molecule has 1 aliphatic heterocycles. The van der Waals surface area contributed by atoms with Gasteiger partial charge in [0.15, 0.2) is 0 Å². The van der Waals surface area contributed by atoms with Crippen molar-refractivity contribution in [2.45, 2.75) is 32.7 Å². The molecule has 0 aliphatic carbocycles. The minimum absolute atomic E-state index is 0.0635. The molecule has 0 aromatic heterocycles. The lowest BCUT2D eigenvalue weighted by Gasteiger charge is -2.23. The van der Waals surface area contributed by atoms with Crippen LogP contribution in [0.25, 0.3) is 0 Å². The van der Waals surface area contributed by atoms with Gasteiger partial charge >= 0.3 is 5.97 Å². The second-order valence-electron chi connectivity index (χ2n) is 4.03. The summed E-state index contributed by atoms with van der Waals surface area (Å²) in [5, 5.41) is 17.9. The fraction of sp³-hybridized carbons (Fsp3) is 0.636. The number of carbonyl (C=O) groups is 2. The Hall–Kier alpha value is -1.36. The van der Waals surface area contributed by atoms with Crippen LogP contribution in [0.4, 0.5) is 0 Å². The smallest absolute Gasteiger partial charge is 0.331 e. The Labute approximate surface area is 94.4 Å². The monoisotopic (exact) mass is 227 g/mol. The van der Waals surface area contributed by atoms with Crippen LogP contribution >= 0.6 is 0 Å². The number of carboxylic acids is 1. The van der Waals surface area contributed by atoms with Crippen LogP contribution in [0.3, 0.4) is 0 Å². The van der Waals surface area contributed by atoms with Gasteiger partial charge in [-0.1, -0.05) is 0 Å². The molecule has 0 aromatic carbocycles. The summed E-state index contributed by atoms with van der Waals surface area (Å²) in [6.07, 6.45) is 1.64. The highest BCUT2D eigenvalue weighted by atomic mass is 16.4. The average molecular weight is 227 g/mol. The maximum Gasteiger partial charge on any atom is 0.331 e. The second-order valence-corrected chi connectivity index (χ2v) is 4.03. The van der Waals surface area contributed by atoms with Crippen molar-refractivity contribution in [3.63, 3.8) is 0 Å². The first-order chi connectivity index (χ1) is 7.49. The van der Waals surface area contributed by atoms with E-state index in [1.807, 2.05) is 0 Å². The van der Waals surface area contributed by atoms with Crippen LogP contribution in [0.1, 0.15) is 26.7 Å². The molecule has 1 fully saturated rings. The van der Waals surface area contributed by atoms with Gasteiger partial charge < -0.3 is 15.1 Å². The first kappa shape index (κ1) is 12.7. The highest BCUT2D eigenvalue weighted by Gasteiger charge is 2.29. The van der Waals surface area contributed by atoms with Gasteiger partial charge in [0.25, 0.3) is 0 Å². The van der Waals surface area contributed by atoms with Gasteiger partial charge in [-0.25, -0.2) is 4.79 Å². The maximum absolute atomic E-state index is 12.0. The Bertz CT molecular complexity index is 335. The Balaban J connectivity index is 2.86. The van der Waals surface area contributed by atoms with Crippen LogP contribution in [-0.4, -0.2) is 46.2 Å². The van der Waals surface area contributed by atoms with E-state index >= 15 is 0 Å². The van der Waals surface area contributed by atoms with Gasteiger partial charge in [-0.05, 0) is 26.7 Å². The third-order valence-corrected chi connectivity index (χ3v) is 3.05. The van der Waals surface area contributed by atoms with E-state index in [-0.39, 0.29) is 29.7 Å². The van der Waals surface area contributed by atoms with E-state index in [1.54, 1.807) is 4.90 Å². The zero-order chi connectivity index (χ0) is 12.3. The number of nitrogens with zero attached hydrogens (tertiary/aromatic N) is 1. The standard InChI is InChI=1S/C11H17NO4/c1-7(8(2)11(15)16)10(14)12-5-3-4-9(12)6-13/h9,13H,3-6H2,1-2H3,(H,15,16)/t9-/m1/s1. The lowest BCUT2D eigenvalue weighted by molar-refractivity contribution is -0.134. The molecule has 1 saturated heterocycles. The number of aliphatic hydroxyl groups is 1. The number of likely N-dealkylation sites (tertiary alicyclic amines) is 1. The fourth-order valence-corrected chi connectivity index (χ4v) is 1.83. The molecule has 0 aromatic rings. The molecular formula is C11H17NO4. The Morgan fingerprint density at radius 2 is 1.94 bits per heavy atom. The predicted octanol–water partition coefficient (Wildman–Crippen LogP) is 0.391. The van der Waals surface area contributed by atoms with Crippen LogP contribution in [0, 0.1) is 0 Å². The van der Waals surface area contributed by atoms with Gasteiger partial charge in [0, 0.05) is 17.7 Å². The van der Waals surface area contributed by atoms with E-state index in [0.717, 1.165) is 12.8 Å². The van der Waals surface area contributed by atoms with Gasteiger partial charge in [-0.2, -0.15) is 0 Å². The third-order valence-electron chi connectivity index (χ3n) is 3.05. The van der Waals surface area contributed by atoms with Crippen LogP contribution < -0.4 is 0 Å². The topological polar surface area (TPSA) is 77.8 Å². The molecule has 0 unspecified atom stereocenters. The van der Waals surface area contributed by atoms with Crippen molar-refractivity contribution in [3.05, 3.63) is 11.1 Å². The summed E-state index contributed by atoms with van der Waals surface area (Å²) in [6, 6.07) is -0.163. The molecule has 1 atom stereocenters. The number of rotatable bonds is 3. The first-order valence-corrected chi connectivity index (χ1v) is 5.31. The van der Waals surface area contributed by atoms with E-state index in [4.69, 9.17) is 10.2 Å². The number of hydrogen-bond donors (Lipinski definition) is 2. The van der Waals surface area contributed by atoms with Gasteiger partial charge in [0.05, 0.1) is 12.6 Å². The lowest BCUT2D eigenvalue weighted by atomic mass is 10.1. The fourth-order valence-electron chi connectivity index (χ4n) is 1.83. The van der Waals surface area contributed by atoms with Crippen molar-refractivity contribution < 1.29 is 19.8 Å². The summed E-state index contributed by atoms with van der Waals surface area (Å²) in [5.41, 5.74) is 0.307. The molecule has 0 saturated carbocycles. The normalized spacial score (nSPS) is 21.9. The molecule has 1 aliphatic rings. The summed E-state index contributed by atoms with van der Waals surface area (Å²) < 4.78 is 0. The van der Waals surface area contributed by atoms with Gasteiger partial charge in [-0.15, -0.1) is 0 Å². The van der Waals surface area contributed by atoms with Crippen molar-refractivity contribution in [2.75, 3.05) is 13.2 Å². The molecule has 5 nitrogen and oxygen atoms in total. The molecule has 5 heteroatoms. The van der Waals surface area contributed by atoms with Crippen LogP contribution in [0.5, 0.6) is 0 Å². The van der Waals surface area contributed by atoms with Crippen molar-refractivity contribution in [2.24, 2.45) is 0 Å². The van der Waals surface area contributed by atoms with Gasteiger partial charge in [0.2, 0.25) is 5.91 Å². The average Bonchev–Trinajstić information content (AvgIpc) is 2.73. The summed E-state index contributed by atoms with van der Waals surface area (Å²) in [5.74, 6) is -1.36. The highest BCUT2D eigenvalue weighted by Crippen LogP contribution is 2.20. The molecule has 90 valence electrons. The molecule has 0 bridgehead atoms. The molecule has 0 radical (unpaired) electrons. The van der Waals surface area contributed by atoms with Crippen LogP contribution in [0.2, 0.25) is 0 Å².